The SMILES string of the molecule is COC(=O)CC[C@@H]1[C@H]2CC[C@H](O)C[C@@H]2C=C[C@@H]1C. The Hall–Kier alpha value is -0.830. The first-order chi connectivity index (χ1) is 8.61. The second-order valence-corrected chi connectivity index (χ2v) is 5.82. The largest absolute Gasteiger partial charge is 0.469 e. The van der Waals surface area contributed by atoms with E-state index in [-0.39, 0.29) is 12.1 Å². The molecule has 0 unspecified atom stereocenters. The zero-order valence-electron chi connectivity index (χ0n) is 11.3. The number of esters is 1. The molecule has 0 amide bonds. The molecule has 1 saturated carbocycles. The molecule has 5 atom stereocenters. The maximum absolute atomic E-state index is 11.3. The Morgan fingerprint density at radius 1 is 1.39 bits per heavy atom. The maximum Gasteiger partial charge on any atom is 0.305 e. The molecule has 0 saturated heterocycles. The molecule has 0 heterocycles. The highest BCUT2D eigenvalue weighted by atomic mass is 16.5. The summed E-state index contributed by atoms with van der Waals surface area (Å²) in [6.45, 7) is 2.24. The zero-order valence-corrected chi connectivity index (χ0v) is 11.3. The minimum absolute atomic E-state index is 0.107. The number of hydrogen-bond acceptors (Lipinski definition) is 3. The fourth-order valence-corrected chi connectivity index (χ4v) is 3.67. The van der Waals surface area contributed by atoms with E-state index in [9.17, 15) is 9.90 Å². The third kappa shape index (κ3) is 2.94. The van der Waals surface area contributed by atoms with Gasteiger partial charge in [-0.05, 0) is 49.4 Å². The molecule has 0 bridgehead atoms. The van der Waals surface area contributed by atoms with Crippen LogP contribution in [0.4, 0.5) is 0 Å². The predicted octanol–water partition coefficient (Wildman–Crippen LogP) is 2.54. The van der Waals surface area contributed by atoms with Crippen LogP contribution in [0.25, 0.3) is 0 Å². The van der Waals surface area contributed by atoms with Crippen LogP contribution in [0, 0.1) is 23.7 Å². The van der Waals surface area contributed by atoms with E-state index in [1.807, 2.05) is 0 Å². The van der Waals surface area contributed by atoms with Gasteiger partial charge in [0.15, 0.2) is 0 Å². The molecule has 2 rings (SSSR count). The first kappa shape index (κ1) is 13.6. The van der Waals surface area contributed by atoms with Crippen molar-refractivity contribution in [3.05, 3.63) is 12.2 Å². The van der Waals surface area contributed by atoms with Crippen LogP contribution >= 0.6 is 0 Å². The van der Waals surface area contributed by atoms with Gasteiger partial charge in [-0.15, -0.1) is 0 Å². The van der Waals surface area contributed by atoms with Crippen LogP contribution in [-0.2, 0) is 9.53 Å². The molecule has 0 aromatic heterocycles. The second-order valence-electron chi connectivity index (χ2n) is 5.82. The lowest BCUT2D eigenvalue weighted by atomic mass is 9.63. The van der Waals surface area contributed by atoms with E-state index in [0.29, 0.717) is 30.1 Å². The topological polar surface area (TPSA) is 46.5 Å². The molecule has 0 aliphatic heterocycles. The summed E-state index contributed by atoms with van der Waals surface area (Å²) < 4.78 is 4.73. The zero-order chi connectivity index (χ0) is 13.1. The van der Waals surface area contributed by atoms with Crippen molar-refractivity contribution in [1.29, 1.82) is 0 Å². The fraction of sp³-hybridized carbons (Fsp3) is 0.800. The summed E-state index contributed by atoms with van der Waals surface area (Å²) in [6, 6.07) is 0. The summed E-state index contributed by atoms with van der Waals surface area (Å²) in [4.78, 5) is 11.3. The average molecular weight is 252 g/mol. The van der Waals surface area contributed by atoms with Gasteiger partial charge in [-0.3, -0.25) is 4.79 Å². The molecule has 3 heteroatoms. The van der Waals surface area contributed by atoms with Crippen LogP contribution < -0.4 is 0 Å². The fourth-order valence-electron chi connectivity index (χ4n) is 3.67. The molecule has 0 aromatic carbocycles. The number of ether oxygens (including phenoxy) is 1. The molecule has 0 radical (unpaired) electrons. The Morgan fingerprint density at radius 3 is 2.89 bits per heavy atom. The number of aliphatic hydroxyl groups excluding tert-OH is 1. The summed E-state index contributed by atoms with van der Waals surface area (Å²) in [7, 11) is 1.45. The van der Waals surface area contributed by atoms with Crippen molar-refractivity contribution < 1.29 is 14.6 Å². The third-order valence-corrected chi connectivity index (χ3v) is 4.72. The van der Waals surface area contributed by atoms with Crippen LogP contribution in [0.1, 0.15) is 39.0 Å². The number of allylic oxidation sites excluding steroid dienone is 2. The van der Waals surface area contributed by atoms with Gasteiger partial charge in [0.1, 0.15) is 0 Å². The van der Waals surface area contributed by atoms with Crippen molar-refractivity contribution in [1.82, 2.24) is 0 Å². The highest BCUT2D eigenvalue weighted by Crippen LogP contribution is 2.44. The normalized spacial score (nSPS) is 39.2. The Morgan fingerprint density at radius 2 is 2.17 bits per heavy atom. The Kier molecular flexibility index (Phi) is 4.44. The minimum Gasteiger partial charge on any atom is -0.469 e. The molecular formula is C15H24O3. The monoisotopic (exact) mass is 252 g/mol. The maximum atomic E-state index is 11.3. The van der Waals surface area contributed by atoms with Crippen LogP contribution in [0.3, 0.4) is 0 Å². The molecule has 0 spiro atoms. The van der Waals surface area contributed by atoms with Crippen molar-refractivity contribution in [3.63, 3.8) is 0 Å². The van der Waals surface area contributed by atoms with E-state index < -0.39 is 0 Å². The van der Waals surface area contributed by atoms with Crippen molar-refractivity contribution >= 4 is 5.97 Å². The Labute approximate surface area is 109 Å². The van der Waals surface area contributed by atoms with Gasteiger partial charge in [0.25, 0.3) is 0 Å². The first-order valence-electron chi connectivity index (χ1n) is 7.05. The summed E-state index contributed by atoms with van der Waals surface area (Å²) in [5, 5.41) is 9.75. The number of carbonyl (C=O) groups excluding carboxylic acids is 1. The van der Waals surface area contributed by atoms with E-state index in [4.69, 9.17) is 4.74 Å². The molecular weight excluding hydrogens is 228 g/mol. The second kappa shape index (κ2) is 5.87. The van der Waals surface area contributed by atoms with E-state index in [0.717, 1.165) is 25.7 Å². The minimum atomic E-state index is -0.134. The lowest BCUT2D eigenvalue weighted by Crippen LogP contribution is -2.36. The molecule has 1 N–H and O–H groups in total. The highest BCUT2D eigenvalue weighted by molar-refractivity contribution is 5.69. The van der Waals surface area contributed by atoms with E-state index >= 15 is 0 Å². The van der Waals surface area contributed by atoms with E-state index in [1.54, 1.807) is 0 Å². The van der Waals surface area contributed by atoms with Gasteiger partial charge < -0.3 is 9.84 Å². The summed E-state index contributed by atoms with van der Waals surface area (Å²) in [5.74, 6) is 2.13. The van der Waals surface area contributed by atoms with Gasteiger partial charge in [0.05, 0.1) is 13.2 Å². The quantitative estimate of drug-likeness (QED) is 0.620. The molecule has 3 nitrogen and oxygen atoms in total. The third-order valence-electron chi connectivity index (χ3n) is 4.72. The van der Waals surface area contributed by atoms with Crippen LogP contribution in [0.5, 0.6) is 0 Å². The number of aliphatic hydroxyl groups is 1. The van der Waals surface area contributed by atoms with E-state index in [1.165, 1.54) is 7.11 Å². The van der Waals surface area contributed by atoms with Gasteiger partial charge in [-0.1, -0.05) is 19.1 Å². The van der Waals surface area contributed by atoms with Gasteiger partial charge in [-0.2, -0.15) is 0 Å². The first-order valence-corrected chi connectivity index (χ1v) is 7.05. The van der Waals surface area contributed by atoms with Crippen molar-refractivity contribution in [2.75, 3.05) is 7.11 Å². The van der Waals surface area contributed by atoms with Crippen LogP contribution in [0.2, 0.25) is 0 Å². The molecule has 2 aliphatic rings. The van der Waals surface area contributed by atoms with Crippen molar-refractivity contribution in [2.24, 2.45) is 23.7 Å². The number of fused-ring (bicyclic) bond motifs is 1. The molecule has 2 aliphatic carbocycles. The lowest BCUT2D eigenvalue weighted by molar-refractivity contribution is -0.141. The molecule has 0 aromatic rings. The van der Waals surface area contributed by atoms with E-state index in [2.05, 4.69) is 19.1 Å². The lowest BCUT2D eigenvalue weighted by Gasteiger charge is -2.42. The molecule has 102 valence electrons. The van der Waals surface area contributed by atoms with Crippen LogP contribution in [-0.4, -0.2) is 24.3 Å². The summed E-state index contributed by atoms with van der Waals surface area (Å²) in [6.07, 6.45) is 8.74. The average Bonchev–Trinajstić information content (AvgIpc) is 2.37. The summed E-state index contributed by atoms with van der Waals surface area (Å²) in [5.41, 5.74) is 0. The Bertz CT molecular complexity index is 324. The predicted molar refractivity (Wildman–Crippen MR) is 69.9 cm³/mol. The molecule has 18 heavy (non-hydrogen) atoms. The standard InChI is InChI=1S/C15H24O3/c1-10-3-4-11-9-12(16)5-6-14(11)13(10)7-8-15(17)18-2/h3-4,10-14,16H,5-9H2,1-2H3/t10-,11-,12-,13-,14-/m0/s1. The summed E-state index contributed by atoms with van der Waals surface area (Å²) >= 11 is 0. The van der Waals surface area contributed by atoms with Gasteiger partial charge in [0, 0.05) is 6.42 Å². The number of methoxy groups -OCH3 is 1. The van der Waals surface area contributed by atoms with Crippen LogP contribution in [0.15, 0.2) is 12.2 Å². The highest BCUT2D eigenvalue weighted by Gasteiger charge is 2.37. The number of carbonyl (C=O) groups is 1. The Balaban J connectivity index is 1.99. The van der Waals surface area contributed by atoms with Gasteiger partial charge in [-0.25, -0.2) is 0 Å². The van der Waals surface area contributed by atoms with Gasteiger partial charge in [0.2, 0.25) is 0 Å². The number of hydrogen-bond donors (Lipinski definition) is 1. The van der Waals surface area contributed by atoms with Crippen molar-refractivity contribution in [3.8, 4) is 0 Å². The smallest absolute Gasteiger partial charge is 0.305 e. The number of rotatable bonds is 3. The molecule has 1 fully saturated rings. The van der Waals surface area contributed by atoms with Crippen molar-refractivity contribution in [2.45, 2.75) is 45.1 Å². The van der Waals surface area contributed by atoms with Gasteiger partial charge >= 0.3 is 5.97 Å².